The molecule has 0 aliphatic carbocycles. The summed E-state index contributed by atoms with van der Waals surface area (Å²) in [4.78, 5) is 0. The Balaban J connectivity index is 2.61. The van der Waals surface area contributed by atoms with Gasteiger partial charge in [0.1, 0.15) is 0 Å². The first-order valence-corrected chi connectivity index (χ1v) is 5.99. The van der Waals surface area contributed by atoms with E-state index < -0.39 is 0 Å². The summed E-state index contributed by atoms with van der Waals surface area (Å²) in [6.45, 7) is 4.22. The Morgan fingerprint density at radius 1 is 1.31 bits per heavy atom. The van der Waals surface area contributed by atoms with Crippen molar-refractivity contribution in [3.05, 3.63) is 40.6 Å². The summed E-state index contributed by atoms with van der Waals surface area (Å²) in [5, 5.41) is 4.33. The van der Waals surface area contributed by atoms with Crippen LogP contribution in [0.15, 0.2) is 34.9 Å². The van der Waals surface area contributed by atoms with E-state index in [1.807, 2.05) is 28.9 Å². The summed E-state index contributed by atoms with van der Waals surface area (Å²) in [6, 6.07) is 7.98. The predicted octanol–water partition coefficient (Wildman–Crippen LogP) is 3.34. The summed E-state index contributed by atoms with van der Waals surface area (Å²) >= 11 is 3.52. The number of hydrogen-bond acceptors (Lipinski definition) is 2. The van der Waals surface area contributed by atoms with Crippen molar-refractivity contribution in [3.63, 3.8) is 0 Å². The standard InChI is InChI=1S/C12H14BrN3/c1-8(2)12-10(14)7-15-16(12)11-6-4-3-5-9(11)13/h3-8H,14H2,1-2H3. The molecule has 0 fully saturated rings. The molecule has 84 valence electrons. The van der Waals surface area contributed by atoms with E-state index in [9.17, 15) is 0 Å². The summed E-state index contributed by atoms with van der Waals surface area (Å²) in [5.41, 5.74) is 8.74. The van der Waals surface area contributed by atoms with Crippen molar-refractivity contribution in [3.8, 4) is 5.69 Å². The van der Waals surface area contributed by atoms with Crippen LogP contribution in [0.2, 0.25) is 0 Å². The molecule has 3 nitrogen and oxygen atoms in total. The van der Waals surface area contributed by atoms with E-state index in [0.29, 0.717) is 5.92 Å². The number of para-hydroxylation sites is 1. The summed E-state index contributed by atoms with van der Waals surface area (Å²) in [7, 11) is 0. The van der Waals surface area contributed by atoms with Crippen molar-refractivity contribution in [2.75, 3.05) is 5.73 Å². The minimum absolute atomic E-state index is 0.342. The summed E-state index contributed by atoms with van der Waals surface area (Å²) in [6.07, 6.45) is 1.70. The topological polar surface area (TPSA) is 43.8 Å². The minimum Gasteiger partial charge on any atom is -0.396 e. The molecule has 16 heavy (non-hydrogen) atoms. The molecule has 1 aromatic carbocycles. The van der Waals surface area contributed by atoms with Gasteiger partial charge in [0, 0.05) is 4.47 Å². The van der Waals surface area contributed by atoms with Gasteiger partial charge < -0.3 is 5.73 Å². The van der Waals surface area contributed by atoms with E-state index in [1.54, 1.807) is 6.20 Å². The highest BCUT2D eigenvalue weighted by Gasteiger charge is 2.14. The predicted molar refractivity (Wildman–Crippen MR) is 69.8 cm³/mol. The van der Waals surface area contributed by atoms with E-state index in [0.717, 1.165) is 21.5 Å². The van der Waals surface area contributed by atoms with Crippen molar-refractivity contribution in [1.82, 2.24) is 9.78 Å². The Labute approximate surface area is 103 Å². The Bertz CT molecular complexity index is 503. The van der Waals surface area contributed by atoms with Gasteiger partial charge in [-0.25, -0.2) is 4.68 Å². The molecule has 0 aliphatic heterocycles. The van der Waals surface area contributed by atoms with Gasteiger partial charge in [-0.3, -0.25) is 0 Å². The van der Waals surface area contributed by atoms with Gasteiger partial charge in [0.25, 0.3) is 0 Å². The number of rotatable bonds is 2. The Morgan fingerprint density at radius 2 is 2.00 bits per heavy atom. The number of benzene rings is 1. The monoisotopic (exact) mass is 279 g/mol. The van der Waals surface area contributed by atoms with E-state index in [4.69, 9.17) is 5.73 Å². The van der Waals surface area contributed by atoms with Crippen LogP contribution in [0, 0.1) is 0 Å². The zero-order chi connectivity index (χ0) is 11.7. The van der Waals surface area contributed by atoms with Crippen molar-refractivity contribution < 1.29 is 0 Å². The molecule has 4 heteroatoms. The van der Waals surface area contributed by atoms with Gasteiger partial charge in [0.05, 0.1) is 23.3 Å². The molecule has 0 spiro atoms. The fourth-order valence-corrected chi connectivity index (χ4v) is 2.22. The lowest BCUT2D eigenvalue weighted by Crippen LogP contribution is -2.05. The van der Waals surface area contributed by atoms with Crippen molar-refractivity contribution in [1.29, 1.82) is 0 Å². The molecule has 0 atom stereocenters. The molecule has 2 N–H and O–H groups in total. The van der Waals surface area contributed by atoms with Gasteiger partial charge >= 0.3 is 0 Å². The third kappa shape index (κ3) is 1.85. The van der Waals surface area contributed by atoms with Crippen LogP contribution >= 0.6 is 15.9 Å². The van der Waals surface area contributed by atoms with E-state index in [1.165, 1.54) is 0 Å². The second-order valence-electron chi connectivity index (χ2n) is 4.00. The number of halogens is 1. The number of hydrogen-bond donors (Lipinski definition) is 1. The van der Waals surface area contributed by atoms with Crippen molar-refractivity contribution >= 4 is 21.6 Å². The normalized spacial score (nSPS) is 11.0. The number of anilines is 1. The lowest BCUT2D eigenvalue weighted by atomic mass is 10.1. The molecule has 0 bridgehead atoms. The summed E-state index contributed by atoms with van der Waals surface area (Å²) in [5.74, 6) is 0.342. The minimum atomic E-state index is 0.342. The van der Waals surface area contributed by atoms with Gasteiger partial charge in [-0.1, -0.05) is 26.0 Å². The Kier molecular flexibility index (Phi) is 3.01. The fraction of sp³-hybridized carbons (Fsp3) is 0.250. The van der Waals surface area contributed by atoms with Gasteiger partial charge in [0.2, 0.25) is 0 Å². The maximum atomic E-state index is 5.93. The SMILES string of the molecule is CC(C)c1c(N)cnn1-c1ccccc1Br. The summed E-state index contributed by atoms with van der Waals surface area (Å²) < 4.78 is 2.91. The van der Waals surface area contributed by atoms with Gasteiger partial charge in [-0.15, -0.1) is 0 Å². The van der Waals surface area contributed by atoms with Crippen molar-refractivity contribution in [2.24, 2.45) is 0 Å². The number of nitrogens with zero attached hydrogens (tertiary/aromatic N) is 2. The van der Waals surface area contributed by atoms with E-state index in [-0.39, 0.29) is 0 Å². The van der Waals surface area contributed by atoms with E-state index >= 15 is 0 Å². The first kappa shape index (κ1) is 11.2. The highest BCUT2D eigenvalue weighted by molar-refractivity contribution is 9.10. The van der Waals surface area contributed by atoms with Gasteiger partial charge in [-0.05, 0) is 34.0 Å². The smallest absolute Gasteiger partial charge is 0.0791 e. The van der Waals surface area contributed by atoms with Crippen LogP contribution in [0.25, 0.3) is 5.69 Å². The fourth-order valence-electron chi connectivity index (χ4n) is 1.76. The van der Waals surface area contributed by atoms with Crippen LogP contribution in [-0.2, 0) is 0 Å². The van der Waals surface area contributed by atoms with Crippen LogP contribution in [0.3, 0.4) is 0 Å². The third-order valence-corrected chi connectivity index (χ3v) is 3.13. The maximum Gasteiger partial charge on any atom is 0.0791 e. The number of aromatic nitrogens is 2. The molecule has 2 rings (SSSR count). The number of nitrogen functional groups attached to an aromatic ring is 1. The molecule has 1 heterocycles. The quantitative estimate of drug-likeness (QED) is 0.916. The average molecular weight is 280 g/mol. The Morgan fingerprint density at radius 3 is 2.62 bits per heavy atom. The Hall–Kier alpha value is -1.29. The first-order valence-electron chi connectivity index (χ1n) is 5.19. The molecule has 0 saturated carbocycles. The highest BCUT2D eigenvalue weighted by atomic mass is 79.9. The maximum absolute atomic E-state index is 5.93. The van der Waals surface area contributed by atoms with Crippen LogP contribution in [0.5, 0.6) is 0 Å². The molecule has 2 aromatic rings. The molecular weight excluding hydrogens is 266 g/mol. The molecule has 0 unspecified atom stereocenters. The third-order valence-electron chi connectivity index (χ3n) is 2.46. The molecule has 0 saturated heterocycles. The number of nitrogens with two attached hydrogens (primary N) is 1. The van der Waals surface area contributed by atoms with Crippen LogP contribution in [0.4, 0.5) is 5.69 Å². The first-order chi connectivity index (χ1) is 7.61. The van der Waals surface area contributed by atoms with Crippen LogP contribution in [0.1, 0.15) is 25.5 Å². The zero-order valence-corrected chi connectivity index (χ0v) is 10.9. The molecule has 1 aromatic heterocycles. The van der Waals surface area contributed by atoms with Crippen LogP contribution < -0.4 is 5.73 Å². The average Bonchev–Trinajstić information content (AvgIpc) is 2.61. The molecule has 0 amide bonds. The van der Waals surface area contributed by atoms with Gasteiger partial charge in [0.15, 0.2) is 0 Å². The van der Waals surface area contributed by atoms with Crippen LogP contribution in [-0.4, -0.2) is 9.78 Å². The lowest BCUT2D eigenvalue weighted by Gasteiger charge is -2.12. The highest BCUT2D eigenvalue weighted by Crippen LogP contribution is 2.28. The molecular formula is C12H14BrN3. The lowest BCUT2D eigenvalue weighted by molar-refractivity contribution is 0.734. The molecule has 0 radical (unpaired) electrons. The van der Waals surface area contributed by atoms with Crippen molar-refractivity contribution in [2.45, 2.75) is 19.8 Å². The van der Waals surface area contributed by atoms with Gasteiger partial charge in [-0.2, -0.15) is 5.10 Å². The second-order valence-corrected chi connectivity index (χ2v) is 4.86. The largest absolute Gasteiger partial charge is 0.396 e. The second kappa shape index (κ2) is 4.29. The van der Waals surface area contributed by atoms with E-state index in [2.05, 4.69) is 34.9 Å². The zero-order valence-electron chi connectivity index (χ0n) is 9.31. The molecule has 0 aliphatic rings.